The van der Waals surface area contributed by atoms with Crippen LogP contribution in [-0.4, -0.2) is 28.1 Å². The molecule has 0 atom stereocenters. The molecule has 2 rings (SSSR count). The van der Waals surface area contributed by atoms with Crippen LogP contribution in [0.15, 0.2) is 24.4 Å². The molecule has 1 aliphatic rings. The van der Waals surface area contributed by atoms with E-state index in [0.29, 0.717) is 5.69 Å². The zero-order valence-electron chi connectivity index (χ0n) is 9.60. The first-order chi connectivity index (χ1) is 8.25. The monoisotopic (exact) mass is 235 g/mol. The average molecular weight is 235 g/mol. The lowest BCUT2D eigenvalue weighted by Gasteiger charge is -2.26. The minimum absolute atomic E-state index is 0.181. The number of hydrogen-bond donors (Lipinski definition) is 3. The fourth-order valence-electron chi connectivity index (χ4n) is 1.95. The summed E-state index contributed by atoms with van der Waals surface area (Å²) in [5.74, 6) is -0.225. The highest BCUT2D eigenvalue weighted by molar-refractivity contribution is 5.91. The van der Waals surface area contributed by atoms with E-state index in [1.807, 2.05) is 0 Å². The largest absolute Gasteiger partial charge is 0.393 e. The fourth-order valence-corrected chi connectivity index (χ4v) is 1.95. The number of pyridine rings is 1. The van der Waals surface area contributed by atoms with Gasteiger partial charge in [-0.3, -0.25) is 15.2 Å². The van der Waals surface area contributed by atoms with Gasteiger partial charge in [-0.25, -0.2) is 5.43 Å². The van der Waals surface area contributed by atoms with Crippen molar-refractivity contribution in [3.63, 3.8) is 0 Å². The van der Waals surface area contributed by atoms with Crippen molar-refractivity contribution < 1.29 is 9.90 Å². The van der Waals surface area contributed by atoms with Gasteiger partial charge in [-0.05, 0) is 37.8 Å². The van der Waals surface area contributed by atoms with Crippen molar-refractivity contribution in [2.75, 3.05) is 0 Å². The minimum Gasteiger partial charge on any atom is -0.393 e. The normalized spacial score (nSPS) is 24.3. The van der Waals surface area contributed by atoms with Gasteiger partial charge in [-0.2, -0.15) is 0 Å². The van der Waals surface area contributed by atoms with Crippen LogP contribution >= 0.6 is 0 Å². The number of hydrazine groups is 1. The van der Waals surface area contributed by atoms with Crippen molar-refractivity contribution in [2.24, 2.45) is 0 Å². The van der Waals surface area contributed by atoms with Crippen molar-refractivity contribution in [1.82, 2.24) is 15.8 Å². The molecule has 1 heterocycles. The Morgan fingerprint density at radius 2 is 2.06 bits per heavy atom. The van der Waals surface area contributed by atoms with Gasteiger partial charge in [0.1, 0.15) is 5.69 Å². The molecule has 0 spiro atoms. The molecule has 0 saturated heterocycles. The maximum Gasteiger partial charge on any atom is 0.283 e. The second-order valence-electron chi connectivity index (χ2n) is 4.32. The van der Waals surface area contributed by atoms with Gasteiger partial charge in [0.25, 0.3) is 5.91 Å². The number of aliphatic hydroxyl groups is 1. The van der Waals surface area contributed by atoms with E-state index < -0.39 is 0 Å². The predicted octanol–water partition coefficient (Wildman–Crippen LogP) is 0.619. The molecule has 1 aliphatic carbocycles. The third-order valence-electron chi connectivity index (χ3n) is 2.98. The van der Waals surface area contributed by atoms with Crippen LogP contribution in [0.3, 0.4) is 0 Å². The SMILES string of the molecule is O=C(NN[C@H]1CC[C@H](O)CC1)c1ccccn1. The number of amides is 1. The molecule has 0 aromatic carbocycles. The van der Waals surface area contributed by atoms with Crippen molar-refractivity contribution >= 4 is 5.91 Å². The molecular weight excluding hydrogens is 218 g/mol. The highest BCUT2D eigenvalue weighted by Gasteiger charge is 2.19. The van der Waals surface area contributed by atoms with Gasteiger partial charge in [0.15, 0.2) is 0 Å². The van der Waals surface area contributed by atoms with Crippen LogP contribution in [0.5, 0.6) is 0 Å². The van der Waals surface area contributed by atoms with E-state index in [2.05, 4.69) is 15.8 Å². The van der Waals surface area contributed by atoms with Gasteiger partial charge in [0, 0.05) is 12.2 Å². The summed E-state index contributed by atoms with van der Waals surface area (Å²) in [5, 5.41) is 9.36. The number of aromatic nitrogens is 1. The molecule has 5 heteroatoms. The Kier molecular flexibility index (Phi) is 4.06. The first kappa shape index (κ1) is 12.0. The number of hydrogen-bond acceptors (Lipinski definition) is 4. The third kappa shape index (κ3) is 3.51. The summed E-state index contributed by atoms with van der Waals surface area (Å²) in [5.41, 5.74) is 6.04. The quantitative estimate of drug-likeness (QED) is 0.671. The number of rotatable bonds is 3. The molecule has 0 radical (unpaired) electrons. The molecule has 0 bridgehead atoms. The number of nitrogens with zero attached hydrogens (tertiary/aromatic N) is 1. The summed E-state index contributed by atoms with van der Waals surface area (Å²) in [6.45, 7) is 0. The van der Waals surface area contributed by atoms with E-state index in [4.69, 9.17) is 0 Å². The zero-order chi connectivity index (χ0) is 12.1. The van der Waals surface area contributed by atoms with Crippen LogP contribution in [-0.2, 0) is 0 Å². The lowest BCUT2D eigenvalue weighted by Crippen LogP contribution is -2.46. The fraction of sp³-hybridized carbons (Fsp3) is 0.500. The molecule has 5 nitrogen and oxygen atoms in total. The Morgan fingerprint density at radius 1 is 1.29 bits per heavy atom. The van der Waals surface area contributed by atoms with Crippen LogP contribution in [0.1, 0.15) is 36.2 Å². The molecule has 92 valence electrons. The maximum atomic E-state index is 11.7. The van der Waals surface area contributed by atoms with Gasteiger partial charge < -0.3 is 5.11 Å². The molecule has 17 heavy (non-hydrogen) atoms. The average Bonchev–Trinajstić information content (AvgIpc) is 2.39. The third-order valence-corrected chi connectivity index (χ3v) is 2.98. The standard InChI is InChI=1S/C12H17N3O2/c16-10-6-4-9(5-7-10)14-15-12(17)11-3-1-2-8-13-11/h1-3,8-10,14,16H,4-7H2,(H,15,17)/t9-,10-. The minimum atomic E-state index is -0.225. The lowest BCUT2D eigenvalue weighted by atomic mass is 9.94. The number of aliphatic hydroxyl groups excluding tert-OH is 1. The highest BCUT2D eigenvalue weighted by atomic mass is 16.3. The van der Waals surface area contributed by atoms with Gasteiger partial charge >= 0.3 is 0 Å². The van der Waals surface area contributed by atoms with Gasteiger partial charge in [0.2, 0.25) is 0 Å². The molecule has 1 amide bonds. The number of carbonyl (C=O) groups excluding carboxylic acids is 1. The van der Waals surface area contributed by atoms with Crippen molar-refractivity contribution in [1.29, 1.82) is 0 Å². The van der Waals surface area contributed by atoms with Gasteiger partial charge in [-0.15, -0.1) is 0 Å². The number of carbonyl (C=O) groups is 1. The Bertz CT molecular complexity index is 361. The molecular formula is C12H17N3O2. The van der Waals surface area contributed by atoms with Crippen LogP contribution in [0.4, 0.5) is 0 Å². The molecule has 3 N–H and O–H groups in total. The molecule has 1 saturated carbocycles. The topological polar surface area (TPSA) is 74.2 Å². The van der Waals surface area contributed by atoms with Crippen molar-refractivity contribution in [3.8, 4) is 0 Å². The Morgan fingerprint density at radius 3 is 2.71 bits per heavy atom. The van der Waals surface area contributed by atoms with E-state index in [1.54, 1.807) is 24.4 Å². The second kappa shape index (κ2) is 5.75. The summed E-state index contributed by atoms with van der Waals surface area (Å²) in [6, 6.07) is 5.46. The van der Waals surface area contributed by atoms with Gasteiger partial charge in [0.05, 0.1) is 6.10 Å². The van der Waals surface area contributed by atoms with Crippen LogP contribution < -0.4 is 10.9 Å². The summed E-state index contributed by atoms with van der Waals surface area (Å²) in [7, 11) is 0. The van der Waals surface area contributed by atoms with E-state index in [0.717, 1.165) is 25.7 Å². The zero-order valence-corrected chi connectivity index (χ0v) is 9.60. The maximum absolute atomic E-state index is 11.7. The molecule has 1 aromatic rings. The van der Waals surface area contributed by atoms with Gasteiger partial charge in [-0.1, -0.05) is 6.07 Å². The summed E-state index contributed by atoms with van der Waals surface area (Å²) < 4.78 is 0. The Hall–Kier alpha value is -1.46. The Balaban J connectivity index is 1.77. The Labute approximate surface area is 100 Å². The van der Waals surface area contributed by atoms with Crippen LogP contribution in [0.2, 0.25) is 0 Å². The predicted molar refractivity (Wildman–Crippen MR) is 63.1 cm³/mol. The first-order valence-electron chi connectivity index (χ1n) is 5.90. The second-order valence-corrected chi connectivity index (χ2v) is 4.32. The molecule has 0 aliphatic heterocycles. The van der Waals surface area contributed by atoms with Crippen LogP contribution in [0.25, 0.3) is 0 Å². The highest BCUT2D eigenvalue weighted by Crippen LogP contribution is 2.17. The number of nitrogens with one attached hydrogen (secondary N) is 2. The summed E-state index contributed by atoms with van der Waals surface area (Å²) >= 11 is 0. The molecule has 0 unspecified atom stereocenters. The van der Waals surface area contributed by atoms with Crippen molar-refractivity contribution in [2.45, 2.75) is 37.8 Å². The first-order valence-corrected chi connectivity index (χ1v) is 5.90. The van der Waals surface area contributed by atoms with Crippen LogP contribution in [0, 0.1) is 0 Å². The summed E-state index contributed by atoms with van der Waals surface area (Å²) in [6.07, 6.45) is 4.74. The van der Waals surface area contributed by atoms with E-state index >= 15 is 0 Å². The smallest absolute Gasteiger partial charge is 0.283 e. The van der Waals surface area contributed by atoms with Crippen molar-refractivity contribution in [3.05, 3.63) is 30.1 Å². The summed E-state index contributed by atoms with van der Waals surface area (Å²) in [4.78, 5) is 15.6. The molecule has 1 fully saturated rings. The van der Waals surface area contributed by atoms with E-state index in [9.17, 15) is 9.90 Å². The van der Waals surface area contributed by atoms with E-state index in [1.165, 1.54) is 0 Å². The lowest BCUT2D eigenvalue weighted by molar-refractivity contribution is 0.0882. The van der Waals surface area contributed by atoms with E-state index in [-0.39, 0.29) is 18.1 Å². The molecule has 1 aromatic heterocycles.